The number of para-hydroxylation sites is 1. The van der Waals surface area contributed by atoms with E-state index in [1.165, 1.54) is 0 Å². The smallest absolute Gasteiger partial charge is 0.331 e. The van der Waals surface area contributed by atoms with Crippen LogP contribution in [-0.2, 0) is 9.59 Å². The van der Waals surface area contributed by atoms with Gasteiger partial charge in [-0.15, -0.1) is 0 Å². The molecule has 0 atom stereocenters. The first-order chi connectivity index (χ1) is 12.5. The summed E-state index contributed by atoms with van der Waals surface area (Å²) in [6.45, 7) is 7.82. The van der Waals surface area contributed by atoms with Crippen molar-refractivity contribution in [1.82, 2.24) is 15.1 Å². The lowest BCUT2D eigenvalue weighted by atomic mass is 9.69. The summed E-state index contributed by atoms with van der Waals surface area (Å²) in [6.07, 6.45) is 0.962. The van der Waals surface area contributed by atoms with Crippen molar-refractivity contribution in [3.63, 3.8) is 0 Å². The summed E-state index contributed by atoms with van der Waals surface area (Å²) in [6, 6.07) is 8.05. The number of nitrogens with zero attached hydrogens (tertiary/aromatic N) is 2. The minimum absolute atomic E-state index is 0.286. The molecule has 27 heavy (non-hydrogen) atoms. The highest BCUT2D eigenvalue weighted by Crippen LogP contribution is 2.44. The predicted octanol–water partition coefficient (Wildman–Crippen LogP) is 2.17. The first-order valence-electron chi connectivity index (χ1n) is 9.11. The molecule has 0 bridgehead atoms. The van der Waals surface area contributed by atoms with Crippen molar-refractivity contribution in [2.24, 2.45) is 0 Å². The standard InChI is InChI=1S/C20H27N3O4/c1-18(2)12-20(13-19(3,4)22(18)5)16(25)23(17(26)21-20)11-15(24)27-14-9-7-6-8-10-14/h6-10H,11-13H2,1-5H3,(H,21,26). The summed E-state index contributed by atoms with van der Waals surface area (Å²) in [7, 11) is 2.03. The summed E-state index contributed by atoms with van der Waals surface area (Å²) in [4.78, 5) is 41.1. The monoisotopic (exact) mass is 373 g/mol. The number of amides is 3. The van der Waals surface area contributed by atoms with Crippen LogP contribution in [0, 0.1) is 0 Å². The highest BCUT2D eigenvalue weighted by atomic mass is 16.5. The van der Waals surface area contributed by atoms with Crippen molar-refractivity contribution in [3.8, 4) is 5.75 Å². The maximum Gasteiger partial charge on any atom is 0.331 e. The zero-order valence-corrected chi connectivity index (χ0v) is 16.5. The van der Waals surface area contributed by atoms with Gasteiger partial charge in [-0.05, 0) is 59.7 Å². The molecule has 1 aromatic carbocycles. The van der Waals surface area contributed by atoms with Crippen LogP contribution in [0.5, 0.6) is 5.75 Å². The van der Waals surface area contributed by atoms with Gasteiger partial charge in [-0.25, -0.2) is 9.59 Å². The SMILES string of the molecule is CN1C(C)(C)CC2(CC1(C)C)NC(=O)N(CC(=O)Oc1ccccc1)C2=O. The van der Waals surface area contributed by atoms with Gasteiger partial charge in [-0.2, -0.15) is 0 Å². The molecule has 1 spiro atoms. The highest BCUT2D eigenvalue weighted by molar-refractivity contribution is 6.09. The fourth-order valence-corrected chi connectivity index (χ4v) is 4.44. The molecular weight excluding hydrogens is 346 g/mol. The third-order valence-corrected chi connectivity index (χ3v) is 5.79. The number of imide groups is 1. The van der Waals surface area contributed by atoms with E-state index in [2.05, 4.69) is 37.9 Å². The Kier molecular flexibility index (Phi) is 4.54. The molecule has 2 aliphatic heterocycles. The number of piperidine rings is 1. The Morgan fingerprint density at radius 1 is 1.07 bits per heavy atom. The minimum atomic E-state index is -0.996. The molecule has 0 saturated carbocycles. The molecule has 0 radical (unpaired) electrons. The number of rotatable bonds is 3. The molecule has 2 fully saturated rings. The Labute approximate surface area is 159 Å². The second-order valence-electron chi connectivity index (χ2n) is 8.73. The largest absolute Gasteiger partial charge is 0.425 e. The van der Waals surface area contributed by atoms with Gasteiger partial charge in [0.2, 0.25) is 0 Å². The van der Waals surface area contributed by atoms with Crippen LogP contribution < -0.4 is 10.1 Å². The topological polar surface area (TPSA) is 79.0 Å². The maximum absolute atomic E-state index is 13.2. The lowest BCUT2D eigenvalue weighted by Gasteiger charge is -2.56. The number of urea groups is 1. The van der Waals surface area contributed by atoms with Crippen LogP contribution >= 0.6 is 0 Å². The number of esters is 1. The second kappa shape index (κ2) is 6.34. The van der Waals surface area contributed by atoms with Crippen LogP contribution in [0.3, 0.4) is 0 Å². The molecule has 3 rings (SSSR count). The van der Waals surface area contributed by atoms with E-state index in [0.717, 1.165) is 4.90 Å². The molecule has 0 unspecified atom stereocenters. The van der Waals surface area contributed by atoms with Crippen LogP contribution in [0.1, 0.15) is 40.5 Å². The fraction of sp³-hybridized carbons (Fsp3) is 0.550. The number of ether oxygens (including phenoxy) is 1. The Bertz CT molecular complexity index is 755. The molecule has 146 valence electrons. The Balaban J connectivity index is 1.78. The number of hydrogen-bond acceptors (Lipinski definition) is 5. The van der Waals surface area contributed by atoms with E-state index in [1.54, 1.807) is 24.3 Å². The molecule has 2 heterocycles. The third kappa shape index (κ3) is 3.43. The molecule has 7 nitrogen and oxygen atoms in total. The second-order valence-corrected chi connectivity index (χ2v) is 8.73. The Morgan fingerprint density at radius 2 is 1.63 bits per heavy atom. The van der Waals surface area contributed by atoms with Crippen LogP contribution in [-0.4, -0.2) is 57.9 Å². The van der Waals surface area contributed by atoms with Crippen molar-refractivity contribution in [2.75, 3.05) is 13.6 Å². The van der Waals surface area contributed by atoms with Gasteiger partial charge in [-0.3, -0.25) is 14.6 Å². The molecule has 1 aromatic rings. The van der Waals surface area contributed by atoms with Gasteiger partial charge in [0.05, 0.1) is 0 Å². The maximum atomic E-state index is 13.2. The molecule has 0 aromatic heterocycles. The first-order valence-corrected chi connectivity index (χ1v) is 9.11. The van der Waals surface area contributed by atoms with E-state index in [-0.39, 0.29) is 17.0 Å². The van der Waals surface area contributed by atoms with E-state index in [9.17, 15) is 14.4 Å². The van der Waals surface area contributed by atoms with E-state index in [1.807, 2.05) is 13.1 Å². The van der Waals surface area contributed by atoms with Gasteiger partial charge >= 0.3 is 12.0 Å². The molecule has 0 aliphatic carbocycles. The fourth-order valence-electron chi connectivity index (χ4n) is 4.44. The highest BCUT2D eigenvalue weighted by Gasteiger charge is 2.60. The van der Waals surface area contributed by atoms with Gasteiger partial charge in [-0.1, -0.05) is 18.2 Å². The summed E-state index contributed by atoms with van der Waals surface area (Å²) >= 11 is 0. The third-order valence-electron chi connectivity index (χ3n) is 5.79. The summed E-state index contributed by atoms with van der Waals surface area (Å²) in [5.41, 5.74) is -1.57. The lowest BCUT2D eigenvalue weighted by Crippen LogP contribution is -2.68. The minimum Gasteiger partial charge on any atom is -0.425 e. The van der Waals surface area contributed by atoms with Crippen molar-refractivity contribution in [2.45, 2.75) is 57.2 Å². The molecule has 2 aliphatic rings. The number of nitrogens with one attached hydrogen (secondary N) is 1. The van der Waals surface area contributed by atoms with Gasteiger partial charge in [0.1, 0.15) is 17.8 Å². The first kappa shape index (κ1) is 19.4. The van der Waals surface area contributed by atoms with Gasteiger partial charge < -0.3 is 10.1 Å². The number of likely N-dealkylation sites (tertiary alicyclic amines) is 1. The van der Waals surface area contributed by atoms with E-state index >= 15 is 0 Å². The summed E-state index contributed by atoms with van der Waals surface area (Å²) in [5, 5.41) is 2.87. The van der Waals surface area contributed by atoms with Crippen LogP contribution in [0.2, 0.25) is 0 Å². The van der Waals surface area contributed by atoms with Crippen LogP contribution in [0.15, 0.2) is 30.3 Å². The number of benzene rings is 1. The quantitative estimate of drug-likeness (QED) is 0.499. The van der Waals surface area contributed by atoms with Crippen molar-refractivity contribution in [1.29, 1.82) is 0 Å². The van der Waals surface area contributed by atoms with E-state index in [4.69, 9.17) is 4.74 Å². The van der Waals surface area contributed by atoms with Gasteiger partial charge in [0, 0.05) is 11.1 Å². The average molecular weight is 373 g/mol. The van der Waals surface area contributed by atoms with Gasteiger partial charge in [0.15, 0.2) is 0 Å². The Morgan fingerprint density at radius 3 is 2.19 bits per heavy atom. The van der Waals surface area contributed by atoms with Crippen LogP contribution in [0.4, 0.5) is 4.79 Å². The molecule has 7 heteroatoms. The number of carbonyl (C=O) groups excluding carboxylic acids is 3. The van der Waals surface area contributed by atoms with Crippen molar-refractivity contribution >= 4 is 17.9 Å². The van der Waals surface area contributed by atoms with Crippen molar-refractivity contribution < 1.29 is 19.1 Å². The molecular formula is C20H27N3O4. The molecule has 2 saturated heterocycles. The average Bonchev–Trinajstić information content (AvgIpc) is 2.77. The summed E-state index contributed by atoms with van der Waals surface area (Å²) in [5.74, 6) is -0.620. The Hall–Kier alpha value is -2.41. The molecule has 3 amide bonds. The van der Waals surface area contributed by atoms with Crippen molar-refractivity contribution in [3.05, 3.63) is 30.3 Å². The van der Waals surface area contributed by atoms with E-state index in [0.29, 0.717) is 18.6 Å². The zero-order chi connectivity index (χ0) is 20.0. The molecule has 1 N–H and O–H groups in total. The number of hydrogen-bond donors (Lipinski definition) is 1. The van der Waals surface area contributed by atoms with E-state index < -0.39 is 24.1 Å². The lowest BCUT2D eigenvalue weighted by molar-refractivity contribution is -0.144. The normalized spacial score (nSPS) is 23.4. The summed E-state index contributed by atoms with van der Waals surface area (Å²) < 4.78 is 5.23. The van der Waals surface area contributed by atoms with Crippen LogP contribution in [0.25, 0.3) is 0 Å². The number of carbonyl (C=O) groups is 3. The predicted molar refractivity (Wildman–Crippen MR) is 100 cm³/mol. The zero-order valence-electron chi connectivity index (χ0n) is 16.5. The van der Waals surface area contributed by atoms with Gasteiger partial charge in [0.25, 0.3) is 5.91 Å².